The fraction of sp³-hybridized carbons (Fsp3) is 0.333. The Bertz CT molecular complexity index is 403. The van der Waals surface area contributed by atoms with Gasteiger partial charge < -0.3 is 5.32 Å². The van der Waals surface area contributed by atoms with Crippen LogP contribution < -0.4 is 5.32 Å². The van der Waals surface area contributed by atoms with Gasteiger partial charge in [0.2, 0.25) is 0 Å². The molecule has 0 spiro atoms. The van der Waals surface area contributed by atoms with Crippen LogP contribution in [0.15, 0.2) is 18.2 Å². The first-order chi connectivity index (χ1) is 7.63. The van der Waals surface area contributed by atoms with E-state index in [1.165, 1.54) is 12.1 Å². The van der Waals surface area contributed by atoms with E-state index in [9.17, 15) is 9.18 Å². The summed E-state index contributed by atoms with van der Waals surface area (Å²) in [6.07, 6.45) is 1.01. The first-order valence-corrected chi connectivity index (χ1v) is 5.06. The first kappa shape index (κ1) is 12.2. The zero-order valence-corrected chi connectivity index (χ0v) is 9.09. The number of nitrogens with one attached hydrogen (secondary N) is 1. The van der Waals surface area contributed by atoms with Crippen LogP contribution in [0.1, 0.15) is 28.8 Å². The number of nitrogens with zero attached hydrogens (tertiary/aromatic N) is 1. The third-order valence-corrected chi connectivity index (χ3v) is 2.06. The molecule has 0 unspecified atom stereocenters. The molecule has 84 valence electrons. The molecule has 0 aromatic heterocycles. The van der Waals surface area contributed by atoms with Crippen LogP contribution in [-0.4, -0.2) is 12.5 Å². The smallest absolute Gasteiger partial charge is 0.251 e. The monoisotopic (exact) mass is 220 g/mol. The standard InChI is InChI=1S/C12H13FN2O/c1-9-6-10(8-11(13)7-9)12(16)15-5-3-2-4-14/h6-8H,2-3,5H2,1H3,(H,15,16). The van der Waals surface area contributed by atoms with E-state index in [0.29, 0.717) is 30.5 Å². The molecule has 0 aliphatic heterocycles. The highest BCUT2D eigenvalue weighted by atomic mass is 19.1. The lowest BCUT2D eigenvalue weighted by molar-refractivity contribution is 0.0953. The lowest BCUT2D eigenvalue weighted by Gasteiger charge is -2.04. The Labute approximate surface area is 93.9 Å². The molecule has 3 nitrogen and oxygen atoms in total. The minimum Gasteiger partial charge on any atom is -0.352 e. The van der Waals surface area contributed by atoms with Gasteiger partial charge in [-0.15, -0.1) is 0 Å². The van der Waals surface area contributed by atoms with E-state index >= 15 is 0 Å². The third-order valence-electron chi connectivity index (χ3n) is 2.06. The summed E-state index contributed by atoms with van der Waals surface area (Å²) in [6, 6.07) is 6.18. The van der Waals surface area contributed by atoms with Crippen molar-refractivity contribution in [2.24, 2.45) is 0 Å². The van der Waals surface area contributed by atoms with E-state index in [1.807, 2.05) is 6.07 Å². The molecule has 16 heavy (non-hydrogen) atoms. The van der Waals surface area contributed by atoms with Crippen LogP contribution in [0.3, 0.4) is 0 Å². The number of halogens is 1. The zero-order valence-electron chi connectivity index (χ0n) is 9.09. The Morgan fingerprint density at radius 3 is 2.88 bits per heavy atom. The predicted octanol–water partition coefficient (Wildman–Crippen LogP) is 2.17. The SMILES string of the molecule is Cc1cc(F)cc(C(=O)NCCCC#N)c1. The Balaban J connectivity index is 2.56. The van der Waals surface area contributed by atoms with Gasteiger partial charge in [0.05, 0.1) is 6.07 Å². The average Bonchev–Trinajstić information content (AvgIpc) is 2.22. The second-order valence-corrected chi connectivity index (χ2v) is 3.53. The van der Waals surface area contributed by atoms with Gasteiger partial charge in [0, 0.05) is 18.5 Å². The van der Waals surface area contributed by atoms with E-state index < -0.39 is 5.82 Å². The molecule has 1 aromatic carbocycles. The molecule has 0 radical (unpaired) electrons. The van der Waals surface area contributed by atoms with Gasteiger partial charge in [-0.05, 0) is 37.1 Å². The molecule has 1 amide bonds. The van der Waals surface area contributed by atoms with Crippen LogP contribution in [-0.2, 0) is 0 Å². The zero-order chi connectivity index (χ0) is 12.0. The fourth-order valence-electron chi connectivity index (χ4n) is 1.34. The summed E-state index contributed by atoms with van der Waals surface area (Å²) in [7, 11) is 0. The largest absolute Gasteiger partial charge is 0.352 e. The number of amides is 1. The minimum atomic E-state index is -0.415. The maximum Gasteiger partial charge on any atom is 0.251 e. The van der Waals surface area contributed by atoms with Crippen LogP contribution in [0.5, 0.6) is 0 Å². The second-order valence-electron chi connectivity index (χ2n) is 3.53. The fourth-order valence-corrected chi connectivity index (χ4v) is 1.34. The molecule has 0 heterocycles. The van der Waals surface area contributed by atoms with Crippen LogP contribution in [0.25, 0.3) is 0 Å². The number of rotatable bonds is 4. The molecule has 4 heteroatoms. The lowest BCUT2D eigenvalue weighted by atomic mass is 10.1. The molecule has 1 rings (SSSR count). The highest BCUT2D eigenvalue weighted by Gasteiger charge is 2.06. The molecule has 0 bridgehead atoms. The summed E-state index contributed by atoms with van der Waals surface area (Å²) in [5, 5.41) is 10.9. The highest BCUT2D eigenvalue weighted by Crippen LogP contribution is 2.08. The molecule has 0 saturated heterocycles. The van der Waals surface area contributed by atoms with Crippen molar-refractivity contribution < 1.29 is 9.18 Å². The van der Waals surface area contributed by atoms with E-state index in [4.69, 9.17) is 5.26 Å². The third kappa shape index (κ3) is 3.70. The van der Waals surface area contributed by atoms with Gasteiger partial charge in [-0.3, -0.25) is 4.79 Å². The Morgan fingerprint density at radius 1 is 1.50 bits per heavy atom. The summed E-state index contributed by atoms with van der Waals surface area (Å²) < 4.78 is 13.0. The van der Waals surface area contributed by atoms with Gasteiger partial charge in [0.25, 0.3) is 5.91 Å². The Hall–Kier alpha value is -1.89. The van der Waals surface area contributed by atoms with Crippen LogP contribution >= 0.6 is 0 Å². The molecule has 0 saturated carbocycles. The van der Waals surface area contributed by atoms with Gasteiger partial charge in [-0.25, -0.2) is 4.39 Å². The molecule has 1 aromatic rings. The van der Waals surface area contributed by atoms with Crippen molar-refractivity contribution >= 4 is 5.91 Å². The number of hydrogen-bond donors (Lipinski definition) is 1. The topological polar surface area (TPSA) is 52.9 Å². The van der Waals surface area contributed by atoms with Crippen molar-refractivity contribution in [3.05, 3.63) is 35.1 Å². The van der Waals surface area contributed by atoms with Crippen molar-refractivity contribution in [3.63, 3.8) is 0 Å². The number of nitriles is 1. The summed E-state index contributed by atoms with van der Waals surface area (Å²) in [5.74, 6) is -0.720. The van der Waals surface area contributed by atoms with Gasteiger partial charge in [0.1, 0.15) is 5.82 Å². The second kappa shape index (κ2) is 5.86. The average molecular weight is 220 g/mol. The van der Waals surface area contributed by atoms with Crippen LogP contribution in [0.2, 0.25) is 0 Å². The van der Waals surface area contributed by atoms with Crippen molar-refractivity contribution in [2.75, 3.05) is 6.54 Å². The van der Waals surface area contributed by atoms with E-state index in [2.05, 4.69) is 5.32 Å². The number of aryl methyl sites for hydroxylation is 1. The summed E-state index contributed by atoms with van der Waals surface area (Å²) in [4.78, 5) is 11.6. The summed E-state index contributed by atoms with van der Waals surface area (Å²) in [6.45, 7) is 2.16. The summed E-state index contributed by atoms with van der Waals surface area (Å²) in [5.41, 5.74) is 1.02. The quantitative estimate of drug-likeness (QED) is 0.790. The predicted molar refractivity (Wildman–Crippen MR) is 58.3 cm³/mol. The number of unbranched alkanes of at least 4 members (excludes halogenated alkanes) is 1. The molecular formula is C12H13FN2O. The number of carbonyl (C=O) groups is 1. The Morgan fingerprint density at radius 2 is 2.25 bits per heavy atom. The molecule has 0 fully saturated rings. The van der Waals surface area contributed by atoms with Crippen LogP contribution in [0.4, 0.5) is 4.39 Å². The summed E-state index contributed by atoms with van der Waals surface area (Å²) >= 11 is 0. The van der Waals surface area contributed by atoms with Crippen molar-refractivity contribution in [3.8, 4) is 6.07 Å². The van der Waals surface area contributed by atoms with Gasteiger partial charge >= 0.3 is 0 Å². The van der Waals surface area contributed by atoms with E-state index in [1.54, 1.807) is 13.0 Å². The van der Waals surface area contributed by atoms with E-state index in [-0.39, 0.29) is 5.91 Å². The molecular weight excluding hydrogens is 207 g/mol. The van der Waals surface area contributed by atoms with Crippen molar-refractivity contribution in [1.29, 1.82) is 5.26 Å². The van der Waals surface area contributed by atoms with Crippen molar-refractivity contribution in [1.82, 2.24) is 5.32 Å². The maximum absolute atomic E-state index is 13.0. The molecule has 1 N–H and O–H groups in total. The Kier molecular flexibility index (Phi) is 4.46. The van der Waals surface area contributed by atoms with Crippen LogP contribution in [0, 0.1) is 24.1 Å². The first-order valence-electron chi connectivity index (χ1n) is 5.06. The number of carbonyl (C=O) groups excluding carboxylic acids is 1. The lowest BCUT2D eigenvalue weighted by Crippen LogP contribution is -2.24. The highest BCUT2D eigenvalue weighted by molar-refractivity contribution is 5.94. The number of benzene rings is 1. The van der Waals surface area contributed by atoms with E-state index in [0.717, 1.165) is 0 Å². The molecule has 0 aliphatic carbocycles. The minimum absolute atomic E-state index is 0.305. The van der Waals surface area contributed by atoms with Gasteiger partial charge in [-0.2, -0.15) is 5.26 Å². The normalized spacial score (nSPS) is 9.56. The number of hydrogen-bond acceptors (Lipinski definition) is 2. The van der Waals surface area contributed by atoms with Gasteiger partial charge in [0.15, 0.2) is 0 Å². The van der Waals surface area contributed by atoms with Crippen molar-refractivity contribution in [2.45, 2.75) is 19.8 Å². The van der Waals surface area contributed by atoms with Gasteiger partial charge in [-0.1, -0.05) is 0 Å². The molecule has 0 aliphatic rings. The molecule has 0 atom stereocenters. The maximum atomic E-state index is 13.0.